The van der Waals surface area contributed by atoms with Crippen LogP contribution in [0, 0.1) is 0 Å². The lowest BCUT2D eigenvalue weighted by molar-refractivity contribution is -0.142. The van der Waals surface area contributed by atoms with E-state index in [4.69, 9.17) is 11.6 Å². The van der Waals surface area contributed by atoms with Crippen molar-refractivity contribution in [2.45, 2.75) is 25.3 Å². The highest BCUT2D eigenvalue weighted by atomic mass is 35.5. The predicted molar refractivity (Wildman–Crippen MR) is 80.3 cm³/mol. The van der Waals surface area contributed by atoms with Crippen molar-refractivity contribution in [1.29, 1.82) is 0 Å². The number of benzene rings is 1. The number of nitrogens with zero attached hydrogens (tertiary/aromatic N) is 1. The standard InChI is InChI=1S/C15H19ClN2O3/c16-12-6-2-1-5-11(12)14(15(20)21)17-13(19)7-10-18-8-3-4-9-18/h1-2,5-6,14H,3-4,7-10H2,(H,17,19)(H,20,21)/t14-/m1/s1. The summed E-state index contributed by atoms with van der Waals surface area (Å²) in [4.78, 5) is 25.5. The molecule has 1 fully saturated rings. The van der Waals surface area contributed by atoms with Gasteiger partial charge >= 0.3 is 5.97 Å². The minimum absolute atomic E-state index is 0.269. The van der Waals surface area contributed by atoms with Crippen LogP contribution < -0.4 is 5.32 Å². The Balaban J connectivity index is 1.94. The fourth-order valence-electron chi connectivity index (χ4n) is 2.48. The Morgan fingerprint density at radius 3 is 2.57 bits per heavy atom. The largest absolute Gasteiger partial charge is 0.479 e. The molecule has 21 heavy (non-hydrogen) atoms. The second-order valence-electron chi connectivity index (χ2n) is 5.16. The highest BCUT2D eigenvalue weighted by molar-refractivity contribution is 6.31. The van der Waals surface area contributed by atoms with Gasteiger partial charge in [0.05, 0.1) is 0 Å². The van der Waals surface area contributed by atoms with Gasteiger partial charge in [-0.25, -0.2) is 4.79 Å². The number of nitrogens with one attached hydrogen (secondary N) is 1. The fourth-order valence-corrected chi connectivity index (χ4v) is 2.73. The van der Waals surface area contributed by atoms with Crippen molar-refractivity contribution in [3.63, 3.8) is 0 Å². The first-order valence-electron chi connectivity index (χ1n) is 7.07. The topological polar surface area (TPSA) is 69.6 Å². The maximum absolute atomic E-state index is 12.0. The fraction of sp³-hybridized carbons (Fsp3) is 0.467. The molecule has 1 aliphatic heterocycles. The summed E-state index contributed by atoms with van der Waals surface area (Å²) in [5.74, 6) is -1.38. The summed E-state index contributed by atoms with van der Waals surface area (Å²) in [6.07, 6.45) is 2.63. The van der Waals surface area contributed by atoms with Crippen LogP contribution in [0.15, 0.2) is 24.3 Å². The van der Waals surface area contributed by atoms with Gasteiger partial charge in [0.2, 0.25) is 5.91 Å². The Bertz CT molecular complexity index is 515. The van der Waals surface area contributed by atoms with Crippen LogP contribution in [0.1, 0.15) is 30.9 Å². The lowest BCUT2D eigenvalue weighted by Crippen LogP contribution is -2.36. The van der Waals surface area contributed by atoms with E-state index in [0.29, 0.717) is 23.6 Å². The third kappa shape index (κ3) is 4.44. The number of carbonyl (C=O) groups is 2. The number of hydrogen-bond donors (Lipinski definition) is 2. The molecule has 1 aromatic carbocycles. The molecular weight excluding hydrogens is 292 g/mol. The first-order chi connectivity index (χ1) is 10.1. The molecule has 1 atom stereocenters. The lowest BCUT2D eigenvalue weighted by atomic mass is 10.1. The first-order valence-corrected chi connectivity index (χ1v) is 7.44. The molecule has 2 N–H and O–H groups in total. The SMILES string of the molecule is O=C(CCN1CCCC1)N[C@@H](C(=O)O)c1ccccc1Cl. The average Bonchev–Trinajstić information content (AvgIpc) is 2.96. The Morgan fingerprint density at radius 2 is 1.95 bits per heavy atom. The molecule has 0 aliphatic carbocycles. The number of hydrogen-bond acceptors (Lipinski definition) is 3. The van der Waals surface area contributed by atoms with Crippen molar-refractivity contribution < 1.29 is 14.7 Å². The second-order valence-corrected chi connectivity index (χ2v) is 5.57. The Kier molecular flexibility index (Phi) is 5.59. The molecule has 1 aromatic rings. The van der Waals surface area contributed by atoms with E-state index in [0.717, 1.165) is 13.1 Å². The van der Waals surface area contributed by atoms with Crippen molar-refractivity contribution in [3.8, 4) is 0 Å². The Morgan fingerprint density at radius 1 is 1.29 bits per heavy atom. The van der Waals surface area contributed by atoms with Gasteiger partial charge in [-0.2, -0.15) is 0 Å². The Labute approximate surface area is 128 Å². The second kappa shape index (κ2) is 7.43. The summed E-state index contributed by atoms with van der Waals surface area (Å²) >= 11 is 6.00. The van der Waals surface area contributed by atoms with E-state index >= 15 is 0 Å². The molecular formula is C15H19ClN2O3. The summed E-state index contributed by atoms with van der Waals surface area (Å²) in [5.41, 5.74) is 0.404. The molecule has 0 saturated carbocycles. The van der Waals surface area contributed by atoms with Crippen LogP contribution in [0.25, 0.3) is 0 Å². The summed E-state index contributed by atoms with van der Waals surface area (Å²) in [6, 6.07) is 5.54. The number of carboxylic acid groups (broad SMARTS) is 1. The minimum Gasteiger partial charge on any atom is -0.479 e. The molecule has 1 aliphatic rings. The quantitative estimate of drug-likeness (QED) is 0.844. The van der Waals surface area contributed by atoms with E-state index in [1.807, 2.05) is 0 Å². The van der Waals surface area contributed by atoms with Crippen LogP contribution in [-0.4, -0.2) is 41.5 Å². The summed E-state index contributed by atoms with van der Waals surface area (Å²) in [6.45, 7) is 2.70. The van der Waals surface area contributed by atoms with Crippen LogP contribution in [0.5, 0.6) is 0 Å². The number of carbonyl (C=O) groups excluding carboxylic acids is 1. The Hall–Kier alpha value is -1.59. The molecule has 0 bridgehead atoms. The smallest absolute Gasteiger partial charge is 0.330 e. The number of likely N-dealkylation sites (tertiary alicyclic amines) is 1. The van der Waals surface area contributed by atoms with Crippen LogP contribution in [0.4, 0.5) is 0 Å². The lowest BCUT2D eigenvalue weighted by Gasteiger charge is -2.18. The molecule has 1 heterocycles. The molecule has 5 nitrogen and oxygen atoms in total. The van der Waals surface area contributed by atoms with Gasteiger partial charge in [0, 0.05) is 23.6 Å². The van der Waals surface area contributed by atoms with E-state index in [1.165, 1.54) is 12.8 Å². The zero-order valence-electron chi connectivity index (χ0n) is 11.7. The molecule has 6 heteroatoms. The molecule has 0 aromatic heterocycles. The van der Waals surface area contributed by atoms with Gasteiger partial charge in [-0.05, 0) is 32.0 Å². The highest BCUT2D eigenvalue weighted by Gasteiger charge is 2.24. The van der Waals surface area contributed by atoms with Gasteiger partial charge in [0.15, 0.2) is 6.04 Å². The van der Waals surface area contributed by atoms with Crippen LogP contribution in [-0.2, 0) is 9.59 Å². The predicted octanol–water partition coefficient (Wildman–Crippen LogP) is 2.07. The summed E-state index contributed by atoms with van der Waals surface area (Å²) < 4.78 is 0. The van der Waals surface area contributed by atoms with Gasteiger partial charge in [-0.15, -0.1) is 0 Å². The van der Waals surface area contributed by atoms with Gasteiger partial charge in [0.25, 0.3) is 0 Å². The van der Waals surface area contributed by atoms with E-state index in [9.17, 15) is 14.7 Å². The average molecular weight is 311 g/mol. The van der Waals surface area contributed by atoms with Gasteiger partial charge in [-0.1, -0.05) is 29.8 Å². The maximum atomic E-state index is 12.0. The third-order valence-electron chi connectivity index (χ3n) is 3.62. The molecule has 1 amide bonds. The third-order valence-corrected chi connectivity index (χ3v) is 3.97. The molecule has 0 spiro atoms. The summed E-state index contributed by atoms with van der Waals surface area (Å²) in [5, 5.41) is 12.2. The van der Waals surface area contributed by atoms with Gasteiger partial charge < -0.3 is 15.3 Å². The number of carboxylic acids is 1. The number of amides is 1. The van der Waals surface area contributed by atoms with Crippen molar-refractivity contribution >= 4 is 23.5 Å². The first kappa shape index (κ1) is 15.8. The number of halogens is 1. The highest BCUT2D eigenvalue weighted by Crippen LogP contribution is 2.23. The zero-order valence-corrected chi connectivity index (χ0v) is 12.5. The summed E-state index contributed by atoms with van der Waals surface area (Å²) in [7, 11) is 0. The van der Waals surface area contributed by atoms with Crippen molar-refractivity contribution in [1.82, 2.24) is 10.2 Å². The maximum Gasteiger partial charge on any atom is 0.330 e. The zero-order chi connectivity index (χ0) is 15.2. The molecule has 114 valence electrons. The van der Waals surface area contributed by atoms with Crippen LogP contribution in [0.2, 0.25) is 5.02 Å². The van der Waals surface area contributed by atoms with Crippen LogP contribution in [0.3, 0.4) is 0 Å². The van der Waals surface area contributed by atoms with Crippen molar-refractivity contribution in [3.05, 3.63) is 34.9 Å². The number of aliphatic carboxylic acids is 1. The van der Waals surface area contributed by atoms with E-state index in [-0.39, 0.29) is 5.91 Å². The van der Waals surface area contributed by atoms with E-state index in [1.54, 1.807) is 24.3 Å². The van der Waals surface area contributed by atoms with Crippen molar-refractivity contribution in [2.75, 3.05) is 19.6 Å². The van der Waals surface area contributed by atoms with E-state index < -0.39 is 12.0 Å². The molecule has 0 radical (unpaired) electrons. The van der Waals surface area contributed by atoms with Gasteiger partial charge in [0.1, 0.15) is 0 Å². The van der Waals surface area contributed by atoms with E-state index in [2.05, 4.69) is 10.2 Å². The molecule has 1 saturated heterocycles. The number of rotatable bonds is 6. The normalized spacial score (nSPS) is 16.6. The monoisotopic (exact) mass is 310 g/mol. The van der Waals surface area contributed by atoms with Gasteiger partial charge in [-0.3, -0.25) is 4.79 Å². The minimum atomic E-state index is -1.11. The molecule has 2 rings (SSSR count). The molecule has 0 unspecified atom stereocenters. The van der Waals surface area contributed by atoms with Crippen LogP contribution >= 0.6 is 11.6 Å². The van der Waals surface area contributed by atoms with Crippen molar-refractivity contribution in [2.24, 2.45) is 0 Å².